The highest BCUT2D eigenvalue weighted by Crippen LogP contribution is 2.28. The van der Waals surface area contributed by atoms with Gasteiger partial charge in [-0.25, -0.2) is 0 Å². The van der Waals surface area contributed by atoms with Gasteiger partial charge in [0, 0.05) is 0 Å². The molecule has 164 valence electrons. The summed E-state index contributed by atoms with van der Waals surface area (Å²) in [5, 5.41) is 0. The Hall–Kier alpha value is -2.66. The molecule has 2 heterocycles. The van der Waals surface area contributed by atoms with Crippen molar-refractivity contribution in [2.75, 3.05) is 20.2 Å². The molecule has 5 heteroatoms. The van der Waals surface area contributed by atoms with Crippen LogP contribution in [0.5, 0.6) is 5.75 Å². The van der Waals surface area contributed by atoms with Crippen LogP contribution in [0.15, 0.2) is 54.6 Å². The second kappa shape index (κ2) is 10.1. The topological polar surface area (TPSA) is 49.9 Å². The summed E-state index contributed by atoms with van der Waals surface area (Å²) in [6.07, 6.45) is 6.14. The van der Waals surface area contributed by atoms with Crippen molar-refractivity contribution < 1.29 is 14.3 Å². The molecule has 0 unspecified atom stereocenters. The lowest BCUT2D eigenvalue weighted by atomic mass is 9.90. The van der Waals surface area contributed by atoms with Crippen molar-refractivity contribution in [3.05, 3.63) is 65.7 Å². The predicted octanol–water partition coefficient (Wildman–Crippen LogP) is 4.06. The number of imide groups is 1. The first-order valence-corrected chi connectivity index (χ1v) is 11.4. The first-order chi connectivity index (χ1) is 15.1. The minimum atomic E-state index is -0.281. The molecular weight excluding hydrogens is 388 g/mol. The third-order valence-electron chi connectivity index (χ3n) is 6.73. The van der Waals surface area contributed by atoms with E-state index >= 15 is 0 Å². The summed E-state index contributed by atoms with van der Waals surface area (Å²) < 4.78 is 5.18. The molecule has 2 amide bonds. The first kappa shape index (κ1) is 21.6. The Morgan fingerprint density at radius 2 is 1.65 bits per heavy atom. The SMILES string of the molecule is COc1ccc(CN2C(=O)C[C@@H](N3CCC(CCCc4ccccc4)CC3)C2=O)cc1. The first-order valence-electron chi connectivity index (χ1n) is 11.4. The maximum absolute atomic E-state index is 13.0. The average molecular weight is 421 g/mol. The molecule has 31 heavy (non-hydrogen) atoms. The van der Waals surface area contributed by atoms with Gasteiger partial charge in [0.05, 0.1) is 26.1 Å². The second-order valence-corrected chi connectivity index (χ2v) is 8.74. The van der Waals surface area contributed by atoms with Crippen LogP contribution in [0.3, 0.4) is 0 Å². The molecule has 0 bridgehead atoms. The number of nitrogens with zero attached hydrogens (tertiary/aromatic N) is 2. The fraction of sp³-hybridized carbons (Fsp3) is 0.462. The molecule has 1 atom stereocenters. The highest BCUT2D eigenvalue weighted by Gasteiger charge is 2.42. The molecule has 2 aliphatic heterocycles. The minimum Gasteiger partial charge on any atom is -0.497 e. The van der Waals surface area contributed by atoms with Crippen LogP contribution in [-0.2, 0) is 22.6 Å². The van der Waals surface area contributed by atoms with Crippen molar-refractivity contribution in [2.45, 2.75) is 51.1 Å². The normalized spacial score (nSPS) is 20.4. The van der Waals surface area contributed by atoms with Crippen LogP contribution in [0.25, 0.3) is 0 Å². The van der Waals surface area contributed by atoms with Gasteiger partial charge in [-0.15, -0.1) is 0 Å². The van der Waals surface area contributed by atoms with Crippen LogP contribution in [0.1, 0.15) is 43.2 Å². The molecule has 2 aliphatic rings. The number of ether oxygens (including phenoxy) is 1. The van der Waals surface area contributed by atoms with Gasteiger partial charge >= 0.3 is 0 Å². The van der Waals surface area contributed by atoms with Crippen molar-refractivity contribution in [2.24, 2.45) is 5.92 Å². The second-order valence-electron chi connectivity index (χ2n) is 8.74. The molecule has 0 aliphatic carbocycles. The molecule has 0 radical (unpaired) electrons. The molecular formula is C26H32N2O3. The molecule has 0 spiro atoms. The van der Waals surface area contributed by atoms with E-state index in [1.807, 2.05) is 24.3 Å². The number of hydrogen-bond acceptors (Lipinski definition) is 4. The summed E-state index contributed by atoms with van der Waals surface area (Å²) in [7, 11) is 1.62. The van der Waals surface area contributed by atoms with E-state index in [0.717, 1.165) is 49.6 Å². The maximum Gasteiger partial charge on any atom is 0.247 e. The zero-order valence-electron chi connectivity index (χ0n) is 18.3. The van der Waals surface area contributed by atoms with Crippen LogP contribution in [0, 0.1) is 5.92 Å². The standard InChI is InChI=1S/C26H32N2O3/c1-31-23-12-10-22(11-13-23)19-28-25(29)18-24(26(28)30)27-16-14-21(15-17-27)9-5-8-20-6-3-2-4-7-20/h2-4,6-7,10-13,21,24H,5,8-9,14-19H2,1H3/t24-/m1/s1. The average Bonchev–Trinajstić information content (AvgIpc) is 3.09. The molecule has 2 saturated heterocycles. The number of likely N-dealkylation sites (tertiary alicyclic amines) is 2. The Morgan fingerprint density at radius 1 is 0.935 bits per heavy atom. The van der Waals surface area contributed by atoms with Crippen LogP contribution < -0.4 is 4.74 Å². The van der Waals surface area contributed by atoms with Crippen LogP contribution in [-0.4, -0.2) is 47.9 Å². The van der Waals surface area contributed by atoms with Gasteiger partial charge in [-0.3, -0.25) is 19.4 Å². The van der Waals surface area contributed by atoms with Gasteiger partial charge in [-0.1, -0.05) is 48.9 Å². The summed E-state index contributed by atoms with van der Waals surface area (Å²) in [4.78, 5) is 29.2. The number of piperidine rings is 1. The zero-order chi connectivity index (χ0) is 21.6. The van der Waals surface area contributed by atoms with E-state index in [1.54, 1.807) is 7.11 Å². The van der Waals surface area contributed by atoms with Crippen LogP contribution in [0.4, 0.5) is 0 Å². The maximum atomic E-state index is 13.0. The Bertz CT molecular complexity index is 873. The van der Waals surface area contributed by atoms with E-state index in [0.29, 0.717) is 13.0 Å². The van der Waals surface area contributed by atoms with Crippen molar-refractivity contribution in [3.8, 4) is 5.75 Å². The highest BCUT2D eigenvalue weighted by atomic mass is 16.5. The summed E-state index contributed by atoms with van der Waals surface area (Å²) in [6, 6.07) is 17.9. The number of amides is 2. The van der Waals surface area contributed by atoms with Crippen molar-refractivity contribution in [1.29, 1.82) is 0 Å². The van der Waals surface area contributed by atoms with Gasteiger partial charge in [-0.2, -0.15) is 0 Å². The molecule has 2 fully saturated rings. The van der Waals surface area contributed by atoms with Gasteiger partial charge in [-0.05, 0) is 68.0 Å². The number of methoxy groups -OCH3 is 1. The largest absolute Gasteiger partial charge is 0.497 e. The zero-order valence-corrected chi connectivity index (χ0v) is 18.3. The highest BCUT2D eigenvalue weighted by molar-refractivity contribution is 6.05. The molecule has 0 saturated carbocycles. The van der Waals surface area contributed by atoms with E-state index in [2.05, 4.69) is 35.2 Å². The molecule has 0 aromatic heterocycles. The summed E-state index contributed by atoms with van der Waals surface area (Å²) in [5.74, 6) is 1.40. The quantitative estimate of drug-likeness (QED) is 0.605. The summed E-state index contributed by atoms with van der Waals surface area (Å²) in [6.45, 7) is 2.17. The minimum absolute atomic E-state index is 0.0386. The Morgan fingerprint density at radius 3 is 2.32 bits per heavy atom. The monoisotopic (exact) mass is 420 g/mol. The lowest BCUT2D eigenvalue weighted by Crippen LogP contribution is -2.45. The van der Waals surface area contributed by atoms with Gasteiger partial charge < -0.3 is 4.74 Å². The van der Waals surface area contributed by atoms with E-state index in [9.17, 15) is 9.59 Å². The lowest BCUT2D eigenvalue weighted by molar-refractivity contribution is -0.140. The van der Waals surface area contributed by atoms with E-state index in [4.69, 9.17) is 4.74 Å². The van der Waals surface area contributed by atoms with Crippen LogP contribution in [0.2, 0.25) is 0 Å². The van der Waals surface area contributed by atoms with Crippen LogP contribution >= 0.6 is 0 Å². The molecule has 5 nitrogen and oxygen atoms in total. The number of aryl methyl sites for hydroxylation is 1. The number of hydrogen-bond donors (Lipinski definition) is 0. The van der Waals surface area contributed by atoms with Gasteiger partial charge in [0.2, 0.25) is 11.8 Å². The Labute approximate surface area is 185 Å². The Balaban J connectivity index is 1.24. The van der Waals surface area contributed by atoms with Gasteiger partial charge in [0.15, 0.2) is 0 Å². The van der Waals surface area contributed by atoms with Gasteiger partial charge in [0.25, 0.3) is 0 Å². The number of benzene rings is 2. The van der Waals surface area contributed by atoms with Crippen molar-refractivity contribution in [3.63, 3.8) is 0 Å². The predicted molar refractivity (Wildman–Crippen MR) is 121 cm³/mol. The molecule has 2 aromatic rings. The third kappa shape index (κ3) is 5.34. The number of carbonyl (C=O) groups is 2. The van der Waals surface area contributed by atoms with E-state index in [1.165, 1.54) is 23.3 Å². The van der Waals surface area contributed by atoms with E-state index in [-0.39, 0.29) is 17.9 Å². The van der Waals surface area contributed by atoms with Crippen molar-refractivity contribution in [1.82, 2.24) is 9.80 Å². The lowest BCUT2D eigenvalue weighted by Gasteiger charge is -2.34. The number of carbonyl (C=O) groups excluding carboxylic acids is 2. The molecule has 0 N–H and O–H groups in total. The smallest absolute Gasteiger partial charge is 0.247 e. The van der Waals surface area contributed by atoms with Gasteiger partial charge in [0.1, 0.15) is 5.75 Å². The fourth-order valence-corrected chi connectivity index (χ4v) is 4.82. The summed E-state index contributed by atoms with van der Waals surface area (Å²) in [5.41, 5.74) is 2.35. The fourth-order valence-electron chi connectivity index (χ4n) is 4.82. The van der Waals surface area contributed by atoms with E-state index < -0.39 is 0 Å². The molecule has 2 aromatic carbocycles. The summed E-state index contributed by atoms with van der Waals surface area (Å²) >= 11 is 0. The van der Waals surface area contributed by atoms with Crippen molar-refractivity contribution >= 4 is 11.8 Å². The molecule has 4 rings (SSSR count). The third-order valence-corrected chi connectivity index (χ3v) is 6.73. The number of rotatable bonds is 8. The Kier molecular flexibility index (Phi) is 7.03.